The van der Waals surface area contributed by atoms with Crippen molar-refractivity contribution < 1.29 is 23.8 Å². The number of para-hydroxylation sites is 1. The number of hydrogen-bond donors (Lipinski definition) is 1. The number of esters is 1. The van der Waals surface area contributed by atoms with Crippen molar-refractivity contribution in [2.75, 3.05) is 19.0 Å². The number of fused-ring (bicyclic) bond motifs is 1. The summed E-state index contributed by atoms with van der Waals surface area (Å²) >= 11 is 6.24. The second kappa shape index (κ2) is 9.29. The van der Waals surface area contributed by atoms with Crippen LogP contribution in [0.1, 0.15) is 43.1 Å². The van der Waals surface area contributed by atoms with E-state index < -0.39 is 24.1 Å². The predicted molar refractivity (Wildman–Crippen MR) is 110 cm³/mol. The van der Waals surface area contributed by atoms with Gasteiger partial charge < -0.3 is 19.5 Å². The molecule has 1 amide bonds. The summed E-state index contributed by atoms with van der Waals surface area (Å²) < 4.78 is 16.9. The van der Waals surface area contributed by atoms with Crippen molar-refractivity contribution in [2.24, 2.45) is 0 Å². The Balaban J connectivity index is 2.10. The standard InChI is InChI=1S/C22H24ClNO5/c1-4-13-7-6-8-15(20(13)27-3)21-16-11-14(23)9-10-17(16)24-22(26)18(29-21)12-19(25)28-5-2/h6-11,18,21H,4-5,12H2,1-3H3,(H,24,26)/t18-,21-/m0/s1. The van der Waals surface area contributed by atoms with Gasteiger partial charge in [0.2, 0.25) is 0 Å². The highest BCUT2D eigenvalue weighted by Gasteiger charge is 2.35. The molecule has 0 unspecified atom stereocenters. The number of ether oxygens (including phenoxy) is 3. The van der Waals surface area contributed by atoms with Crippen LogP contribution in [0.2, 0.25) is 5.02 Å². The third-order valence-corrected chi connectivity index (χ3v) is 5.03. The maximum absolute atomic E-state index is 12.7. The summed E-state index contributed by atoms with van der Waals surface area (Å²) in [6.07, 6.45) is -1.08. The Labute approximate surface area is 175 Å². The Morgan fingerprint density at radius 3 is 2.69 bits per heavy atom. The molecule has 1 aliphatic heterocycles. The molecule has 0 saturated heterocycles. The monoisotopic (exact) mass is 417 g/mol. The highest BCUT2D eigenvalue weighted by Crippen LogP contribution is 2.41. The second-order valence-electron chi connectivity index (χ2n) is 6.63. The van der Waals surface area contributed by atoms with Crippen LogP contribution in [0.3, 0.4) is 0 Å². The zero-order valence-electron chi connectivity index (χ0n) is 16.7. The van der Waals surface area contributed by atoms with Crippen molar-refractivity contribution in [3.63, 3.8) is 0 Å². The van der Waals surface area contributed by atoms with E-state index in [1.54, 1.807) is 32.2 Å². The fourth-order valence-electron chi connectivity index (χ4n) is 3.47. The van der Waals surface area contributed by atoms with E-state index in [1.165, 1.54) is 0 Å². The molecule has 0 aromatic heterocycles. The van der Waals surface area contributed by atoms with Gasteiger partial charge in [0, 0.05) is 21.8 Å². The third-order valence-electron chi connectivity index (χ3n) is 4.80. The average molecular weight is 418 g/mol. The smallest absolute Gasteiger partial charge is 0.308 e. The zero-order chi connectivity index (χ0) is 21.0. The first kappa shape index (κ1) is 21.1. The van der Waals surface area contributed by atoms with Gasteiger partial charge >= 0.3 is 5.97 Å². The number of carbonyl (C=O) groups excluding carboxylic acids is 2. The summed E-state index contributed by atoms with van der Waals surface area (Å²) in [6, 6.07) is 11.0. The molecule has 0 aliphatic carbocycles. The lowest BCUT2D eigenvalue weighted by atomic mass is 9.96. The molecule has 2 atom stereocenters. The number of methoxy groups -OCH3 is 1. The molecule has 29 heavy (non-hydrogen) atoms. The molecule has 2 aromatic rings. The van der Waals surface area contributed by atoms with Crippen LogP contribution in [0, 0.1) is 0 Å². The molecule has 1 N–H and O–H groups in total. The van der Waals surface area contributed by atoms with Gasteiger partial charge in [-0.05, 0) is 37.1 Å². The second-order valence-corrected chi connectivity index (χ2v) is 7.06. The van der Waals surface area contributed by atoms with Gasteiger partial charge in [0.05, 0.1) is 20.1 Å². The molecule has 7 heteroatoms. The lowest BCUT2D eigenvalue weighted by Crippen LogP contribution is -2.32. The van der Waals surface area contributed by atoms with E-state index in [4.69, 9.17) is 25.8 Å². The number of hydrogen-bond acceptors (Lipinski definition) is 5. The fraction of sp³-hybridized carbons (Fsp3) is 0.364. The molecular weight excluding hydrogens is 394 g/mol. The van der Waals surface area contributed by atoms with Crippen LogP contribution >= 0.6 is 11.6 Å². The summed E-state index contributed by atoms with van der Waals surface area (Å²) in [7, 11) is 1.60. The van der Waals surface area contributed by atoms with E-state index in [9.17, 15) is 9.59 Å². The van der Waals surface area contributed by atoms with Gasteiger partial charge in [-0.3, -0.25) is 9.59 Å². The Morgan fingerprint density at radius 2 is 2.00 bits per heavy atom. The van der Waals surface area contributed by atoms with E-state index in [-0.39, 0.29) is 13.0 Å². The molecule has 154 valence electrons. The first-order valence-corrected chi connectivity index (χ1v) is 9.93. The van der Waals surface area contributed by atoms with Gasteiger partial charge in [0.25, 0.3) is 5.91 Å². The van der Waals surface area contributed by atoms with Gasteiger partial charge in [-0.2, -0.15) is 0 Å². The minimum atomic E-state index is -1.01. The van der Waals surface area contributed by atoms with E-state index in [0.717, 1.165) is 17.5 Å². The predicted octanol–water partition coefficient (Wildman–Crippen LogP) is 4.29. The van der Waals surface area contributed by atoms with Crippen molar-refractivity contribution in [1.29, 1.82) is 0 Å². The number of halogens is 1. The maximum atomic E-state index is 12.7. The van der Waals surface area contributed by atoms with Crippen molar-refractivity contribution in [2.45, 2.75) is 38.9 Å². The minimum absolute atomic E-state index is 0.187. The molecule has 2 aromatic carbocycles. The largest absolute Gasteiger partial charge is 0.496 e. The summed E-state index contributed by atoms with van der Waals surface area (Å²) in [6.45, 7) is 3.99. The van der Waals surface area contributed by atoms with Gasteiger partial charge in [-0.1, -0.05) is 36.7 Å². The fourth-order valence-corrected chi connectivity index (χ4v) is 3.65. The SMILES string of the molecule is CCOC(=O)C[C@@H]1O[C@@H](c2cccc(CC)c2OC)c2cc(Cl)ccc2NC1=O. The number of carbonyl (C=O) groups is 2. The number of benzene rings is 2. The number of aryl methyl sites for hydroxylation is 1. The van der Waals surface area contributed by atoms with Crippen LogP contribution in [0.4, 0.5) is 5.69 Å². The normalized spacial score (nSPS) is 18.4. The Morgan fingerprint density at radius 1 is 1.21 bits per heavy atom. The molecule has 1 aliphatic rings. The molecule has 0 fully saturated rings. The van der Waals surface area contributed by atoms with E-state index in [2.05, 4.69) is 5.32 Å². The van der Waals surface area contributed by atoms with E-state index in [1.807, 2.05) is 25.1 Å². The van der Waals surface area contributed by atoms with Crippen LogP contribution in [0.15, 0.2) is 36.4 Å². The van der Waals surface area contributed by atoms with E-state index >= 15 is 0 Å². The van der Waals surface area contributed by atoms with Crippen molar-refractivity contribution in [1.82, 2.24) is 0 Å². The Kier molecular flexibility index (Phi) is 6.77. The summed E-state index contributed by atoms with van der Waals surface area (Å²) in [4.78, 5) is 24.8. The Bertz CT molecular complexity index is 914. The van der Waals surface area contributed by atoms with Crippen molar-refractivity contribution in [3.8, 4) is 5.75 Å². The van der Waals surface area contributed by atoms with Crippen LogP contribution in [-0.4, -0.2) is 31.7 Å². The summed E-state index contributed by atoms with van der Waals surface area (Å²) in [5.41, 5.74) is 3.06. The van der Waals surface area contributed by atoms with Crippen LogP contribution < -0.4 is 10.1 Å². The van der Waals surface area contributed by atoms with Gasteiger partial charge in [0.15, 0.2) is 0 Å². The van der Waals surface area contributed by atoms with Crippen LogP contribution in [0.5, 0.6) is 5.75 Å². The van der Waals surface area contributed by atoms with Gasteiger partial charge in [-0.25, -0.2) is 0 Å². The van der Waals surface area contributed by atoms with Crippen molar-refractivity contribution >= 4 is 29.2 Å². The van der Waals surface area contributed by atoms with Gasteiger partial charge in [0.1, 0.15) is 18.0 Å². The molecule has 0 spiro atoms. The topological polar surface area (TPSA) is 73.9 Å². The highest BCUT2D eigenvalue weighted by molar-refractivity contribution is 6.30. The molecule has 0 bridgehead atoms. The number of nitrogens with one attached hydrogen (secondary N) is 1. The lowest BCUT2D eigenvalue weighted by Gasteiger charge is -2.24. The van der Waals surface area contributed by atoms with Gasteiger partial charge in [-0.15, -0.1) is 0 Å². The average Bonchev–Trinajstić information content (AvgIpc) is 2.84. The molecule has 6 nitrogen and oxygen atoms in total. The summed E-state index contributed by atoms with van der Waals surface area (Å²) in [5.74, 6) is -0.213. The number of anilines is 1. The maximum Gasteiger partial charge on any atom is 0.308 e. The first-order valence-electron chi connectivity index (χ1n) is 9.55. The van der Waals surface area contributed by atoms with Crippen molar-refractivity contribution in [3.05, 3.63) is 58.1 Å². The van der Waals surface area contributed by atoms with Crippen LogP contribution in [-0.2, 0) is 25.5 Å². The minimum Gasteiger partial charge on any atom is -0.496 e. The highest BCUT2D eigenvalue weighted by atomic mass is 35.5. The lowest BCUT2D eigenvalue weighted by molar-refractivity contribution is -0.150. The van der Waals surface area contributed by atoms with Crippen LogP contribution in [0.25, 0.3) is 0 Å². The first-order chi connectivity index (χ1) is 14.0. The molecule has 0 radical (unpaired) electrons. The summed E-state index contributed by atoms with van der Waals surface area (Å²) in [5, 5.41) is 3.36. The quantitative estimate of drug-likeness (QED) is 0.709. The molecular formula is C22H24ClNO5. The number of amides is 1. The molecule has 3 rings (SSSR count). The zero-order valence-corrected chi connectivity index (χ0v) is 17.4. The third kappa shape index (κ3) is 4.54. The Hall–Kier alpha value is -2.57. The molecule has 1 heterocycles. The van der Waals surface area contributed by atoms with E-state index in [0.29, 0.717) is 22.0 Å². The number of rotatable bonds is 6. The molecule has 0 saturated carbocycles.